The van der Waals surface area contributed by atoms with E-state index in [1.165, 1.54) is 161 Å². The fourth-order valence-corrected chi connectivity index (χ4v) is 4.75. The predicted molar refractivity (Wildman–Crippen MR) is 136 cm³/mol. The van der Waals surface area contributed by atoms with Crippen LogP contribution in [0.1, 0.15) is 181 Å². The molecule has 0 aliphatic heterocycles. The third kappa shape index (κ3) is 24.1. The Hall–Kier alpha value is 0. The lowest BCUT2D eigenvalue weighted by Crippen LogP contribution is -1.99. The normalized spacial score (nSPS) is 12.5. The molecule has 176 valence electrons. The van der Waals surface area contributed by atoms with Crippen LogP contribution >= 0.6 is 0 Å². The zero-order valence-electron chi connectivity index (χ0n) is 21.3. The highest BCUT2D eigenvalue weighted by Gasteiger charge is 2.05. The molecule has 0 aromatic heterocycles. The summed E-state index contributed by atoms with van der Waals surface area (Å²) < 4.78 is 0. The molecule has 0 saturated heterocycles. The van der Waals surface area contributed by atoms with Crippen molar-refractivity contribution in [3.8, 4) is 0 Å². The van der Waals surface area contributed by atoms with E-state index in [9.17, 15) is 0 Å². The number of hydrogen-bond acceptors (Lipinski definition) is 0. The second-order valence-corrected chi connectivity index (χ2v) is 9.92. The molecule has 0 amide bonds. The molecule has 29 heavy (non-hydrogen) atoms. The molecule has 1 unspecified atom stereocenters. The van der Waals surface area contributed by atoms with Crippen molar-refractivity contribution in [2.45, 2.75) is 181 Å². The number of unbranched alkanes of at least 4 members (excludes halogenated alkanes) is 20. The largest absolute Gasteiger partial charge is 0.0654 e. The zero-order chi connectivity index (χ0) is 21.3. The van der Waals surface area contributed by atoms with Crippen LogP contribution in [-0.4, -0.2) is 0 Å². The van der Waals surface area contributed by atoms with Gasteiger partial charge in [-0.3, -0.25) is 0 Å². The quantitative estimate of drug-likeness (QED) is 0.132. The topological polar surface area (TPSA) is 0 Å². The molecule has 0 radical (unpaired) electrons. The van der Waals surface area contributed by atoms with E-state index in [1.807, 2.05) is 0 Å². The van der Waals surface area contributed by atoms with Crippen molar-refractivity contribution in [2.24, 2.45) is 5.92 Å². The lowest BCUT2D eigenvalue weighted by atomic mass is 9.92. The number of rotatable bonds is 25. The van der Waals surface area contributed by atoms with Gasteiger partial charge in [-0.25, -0.2) is 0 Å². The van der Waals surface area contributed by atoms with Crippen molar-refractivity contribution in [3.05, 3.63) is 0 Å². The van der Waals surface area contributed by atoms with E-state index in [-0.39, 0.29) is 0 Å². The average molecular weight is 409 g/mol. The Morgan fingerprint density at radius 1 is 0.310 bits per heavy atom. The Balaban J connectivity index is 3.21. The highest BCUT2D eigenvalue weighted by atomic mass is 14.1. The summed E-state index contributed by atoms with van der Waals surface area (Å²) in [7, 11) is 0. The first-order valence-corrected chi connectivity index (χ1v) is 14.3. The third-order valence-corrected chi connectivity index (χ3v) is 7.01. The zero-order valence-corrected chi connectivity index (χ0v) is 21.3. The fourth-order valence-electron chi connectivity index (χ4n) is 4.75. The van der Waals surface area contributed by atoms with Gasteiger partial charge in [0.2, 0.25) is 0 Å². The smallest absolute Gasteiger partial charge is 0.0417 e. The van der Waals surface area contributed by atoms with Gasteiger partial charge in [-0.15, -0.1) is 0 Å². The fraction of sp³-hybridized carbons (Fsp3) is 1.00. The van der Waals surface area contributed by atoms with E-state index >= 15 is 0 Å². The van der Waals surface area contributed by atoms with Crippen LogP contribution in [0.3, 0.4) is 0 Å². The van der Waals surface area contributed by atoms with Crippen molar-refractivity contribution in [2.75, 3.05) is 0 Å². The summed E-state index contributed by atoms with van der Waals surface area (Å²) in [5.41, 5.74) is 0. The molecule has 0 aliphatic rings. The first kappa shape index (κ1) is 29.0. The van der Waals surface area contributed by atoms with Crippen molar-refractivity contribution >= 4 is 0 Å². The molecule has 0 N–H and O–H groups in total. The minimum absolute atomic E-state index is 1.02. The molecule has 0 saturated carbocycles. The molecule has 0 aromatic rings. The monoisotopic (exact) mass is 408 g/mol. The molecule has 0 nitrogen and oxygen atoms in total. The lowest BCUT2D eigenvalue weighted by Gasteiger charge is -2.14. The van der Waals surface area contributed by atoms with Gasteiger partial charge >= 0.3 is 0 Å². The molecule has 0 bridgehead atoms. The van der Waals surface area contributed by atoms with Crippen LogP contribution in [0.5, 0.6) is 0 Å². The summed E-state index contributed by atoms with van der Waals surface area (Å²) in [5, 5.41) is 0. The first-order valence-electron chi connectivity index (χ1n) is 14.3. The summed E-state index contributed by atoms with van der Waals surface area (Å²) >= 11 is 0. The Bertz CT molecular complexity index is 269. The average Bonchev–Trinajstić information content (AvgIpc) is 2.74. The van der Waals surface area contributed by atoms with Crippen LogP contribution in [-0.2, 0) is 0 Å². The third-order valence-electron chi connectivity index (χ3n) is 7.01. The van der Waals surface area contributed by atoms with Crippen LogP contribution < -0.4 is 0 Å². The van der Waals surface area contributed by atoms with Gasteiger partial charge in [0.25, 0.3) is 0 Å². The van der Waals surface area contributed by atoms with Crippen LogP contribution in [0, 0.1) is 5.92 Å². The summed E-state index contributed by atoms with van der Waals surface area (Å²) in [6.07, 6.45) is 36.8. The second-order valence-electron chi connectivity index (χ2n) is 9.92. The van der Waals surface area contributed by atoms with Crippen LogP contribution in [0.25, 0.3) is 0 Å². The van der Waals surface area contributed by atoms with Crippen LogP contribution in [0.15, 0.2) is 0 Å². The summed E-state index contributed by atoms with van der Waals surface area (Å²) in [6, 6.07) is 0. The van der Waals surface area contributed by atoms with Gasteiger partial charge in [-0.05, 0) is 5.92 Å². The molecule has 0 heterocycles. The van der Waals surface area contributed by atoms with E-state index in [2.05, 4.69) is 20.8 Å². The van der Waals surface area contributed by atoms with Crippen LogP contribution in [0.4, 0.5) is 0 Å². The van der Waals surface area contributed by atoms with E-state index in [1.54, 1.807) is 0 Å². The van der Waals surface area contributed by atoms with Gasteiger partial charge in [0.05, 0.1) is 0 Å². The molecule has 0 spiro atoms. The van der Waals surface area contributed by atoms with Gasteiger partial charge in [0.15, 0.2) is 0 Å². The Kier molecular flexibility index (Phi) is 26.0. The molecule has 0 aliphatic carbocycles. The molecular weight excluding hydrogens is 348 g/mol. The molecule has 0 rings (SSSR count). The van der Waals surface area contributed by atoms with Gasteiger partial charge in [-0.1, -0.05) is 181 Å². The molecular formula is C29H60. The van der Waals surface area contributed by atoms with E-state index in [0.29, 0.717) is 0 Å². The summed E-state index contributed by atoms with van der Waals surface area (Å²) in [5.74, 6) is 1.02. The maximum atomic E-state index is 2.41. The van der Waals surface area contributed by atoms with Gasteiger partial charge in [0, 0.05) is 0 Å². The summed E-state index contributed by atoms with van der Waals surface area (Å²) in [6.45, 7) is 7.03. The van der Waals surface area contributed by atoms with E-state index < -0.39 is 0 Å². The predicted octanol–water partition coefficient (Wildman–Crippen LogP) is 11.4. The standard InChI is InChI=1S/C29H60/c1-4-7-9-11-13-14-15-16-17-18-19-20-21-22-24-26-28-29(6-3)27-25-23-12-10-8-5-2/h29H,4-28H2,1-3H3. The first-order chi connectivity index (χ1) is 14.3. The van der Waals surface area contributed by atoms with E-state index in [0.717, 1.165) is 5.92 Å². The van der Waals surface area contributed by atoms with Crippen LogP contribution in [0.2, 0.25) is 0 Å². The SMILES string of the molecule is CCCCCCCCCCCCCCCCCCC(CC)CCCCCCCC. The summed E-state index contributed by atoms with van der Waals surface area (Å²) in [4.78, 5) is 0. The lowest BCUT2D eigenvalue weighted by molar-refractivity contribution is 0.392. The second kappa shape index (κ2) is 26.0. The highest BCUT2D eigenvalue weighted by Crippen LogP contribution is 2.22. The van der Waals surface area contributed by atoms with E-state index in [4.69, 9.17) is 0 Å². The Labute approximate surface area is 187 Å². The Morgan fingerprint density at radius 2 is 0.552 bits per heavy atom. The van der Waals surface area contributed by atoms with Crippen molar-refractivity contribution in [1.82, 2.24) is 0 Å². The maximum Gasteiger partial charge on any atom is -0.0417 e. The molecule has 0 fully saturated rings. The van der Waals surface area contributed by atoms with Crippen molar-refractivity contribution < 1.29 is 0 Å². The molecule has 0 aromatic carbocycles. The van der Waals surface area contributed by atoms with Crippen molar-refractivity contribution in [1.29, 1.82) is 0 Å². The van der Waals surface area contributed by atoms with Gasteiger partial charge in [0.1, 0.15) is 0 Å². The van der Waals surface area contributed by atoms with Crippen molar-refractivity contribution in [3.63, 3.8) is 0 Å². The number of hydrogen-bond donors (Lipinski definition) is 0. The Morgan fingerprint density at radius 3 is 0.793 bits per heavy atom. The minimum atomic E-state index is 1.02. The van der Waals surface area contributed by atoms with Gasteiger partial charge < -0.3 is 0 Å². The van der Waals surface area contributed by atoms with Gasteiger partial charge in [-0.2, -0.15) is 0 Å². The maximum absolute atomic E-state index is 2.41. The minimum Gasteiger partial charge on any atom is -0.0654 e. The molecule has 0 heteroatoms. The highest BCUT2D eigenvalue weighted by molar-refractivity contribution is 4.59. The molecule has 1 atom stereocenters.